The Morgan fingerprint density at radius 3 is 3.25 bits per heavy atom. The summed E-state index contributed by atoms with van der Waals surface area (Å²) < 4.78 is 5.51. The van der Waals surface area contributed by atoms with Crippen LogP contribution in [0.2, 0.25) is 0 Å². The first-order valence-electron chi connectivity index (χ1n) is 6.64. The number of nitrogens with one attached hydrogen (secondary N) is 1. The van der Waals surface area contributed by atoms with Gasteiger partial charge < -0.3 is 14.6 Å². The SMILES string of the molecule is Cc1cnc([C@H]2COCCN2C(=O)Cc2ccsc2)[nH]1. The van der Waals surface area contributed by atoms with Crippen LogP contribution in [0.25, 0.3) is 0 Å². The number of aromatic amines is 1. The maximum atomic E-state index is 12.5. The summed E-state index contributed by atoms with van der Waals surface area (Å²) in [4.78, 5) is 21.9. The van der Waals surface area contributed by atoms with E-state index in [9.17, 15) is 4.79 Å². The molecule has 2 aromatic rings. The Morgan fingerprint density at radius 1 is 1.65 bits per heavy atom. The standard InChI is InChI=1S/C14H17N3O2S/c1-10-7-15-14(16-10)12-8-19-4-3-17(12)13(18)6-11-2-5-20-9-11/h2,5,7,9,12H,3-4,6,8H2,1H3,(H,15,16)/t12-/m1/s1. The highest BCUT2D eigenvalue weighted by atomic mass is 32.1. The van der Waals surface area contributed by atoms with Gasteiger partial charge in [0.05, 0.1) is 19.6 Å². The number of thiophene rings is 1. The Hall–Kier alpha value is -1.66. The molecule has 1 atom stereocenters. The largest absolute Gasteiger partial charge is 0.377 e. The van der Waals surface area contributed by atoms with Crippen molar-refractivity contribution in [2.45, 2.75) is 19.4 Å². The Kier molecular flexibility index (Phi) is 3.84. The summed E-state index contributed by atoms with van der Waals surface area (Å²) in [5, 5.41) is 4.01. The van der Waals surface area contributed by atoms with E-state index in [1.807, 2.05) is 28.7 Å². The molecule has 1 fully saturated rings. The lowest BCUT2D eigenvalue weighted by atomic mass is 10.1. The van der Waals surface area contributed by atoms with Crippen molar-refractivity contribution in [1.82, 2.24) is 14.9 Å². The van der Waals surface area contributed by atoms with Gasteiger partial charge in [-0.05, 0) is 29.3 Å². The minimum absolute atomic E-state index is 0.108. The summed E-state index contributed by atoms with van der Waals surface area (Å²) in [6, 6.07) is 1.89. The van der Waals surface area contributed by atoms with Crippen LogP contribution in [0.5, 0.6) is 0 Å². The molecule has 0 spiro atoms. The molecule has 0 radical (unpaired) electrons. The monoisotopic (exact) mass is 291 g/mol. The van der Waals surface area contributed by atoms with Crippen molar-refractivity contribution >= 4 is 17.2 Å². The average Bonchev–Trinajstić information content (AvgIpc) is 3.10. The smallest absolute Gasteiger partial charge is 0.227 e. The molecular formula is C14H17N3O2S. The quantitative estimate of drug-likeness (QED) is 0.940. The van der Waals surface area contributed by atoms with Crippen molar-refractivity contribution in [3.8, 4) is 0 Å². The van der Waals surface area contributed by atoms with Gasteiger partial charge in [-0.2, -0.15) is 11.3 Å². The van der Waals surface area contributed by atoms with E-state index >= 15 is 0 Å². The molecule has 6 heteroatoms. The second-order valence-corrected chi connectivity index (χ2v) is 5.72. The van der Waals surface area contributed by atoms with E-state index in [1.165, 1.54) is 0 Å². The van der Waals surface area contributed by atoms with Crippen LogP contribution in [-0.2, 0) is 16.0 Å². The Labute approximate surface area is 121 Å². The molecule has 3 rings (SSSR count). The fraction of sp³-hybridized carbons (Fsp3) is 0.429. The number of aryl methyl sites for hydroxylation is 1. The number of nitrogens with zero attached hydrogens (tertiary/aromatic N) is 2. The number of morpholine rings is 1. The van der Waals surface area contributed by atoms with E-state index in [0.717, 1.165) is 17.1 Å². The molecule has 1 saturated heterocycles. The maximum Gasteiger partial charge on any atom is 0.227 e. The Bertz CT molecular complexity index is 579. The van der Waals surface area contributed by atoms with Crippen LogP contribution in [0.3, 0.4) is 0 Å². The van der Waals surface area contributed by atoms with E-state index in [4.69, 9.17) is 4.74 Å². The summed E-state index contributed by atoms with van der Waals surface area (Å²) in [7, 11) is 0. The minimum atomic E-state index is -0.108. The van der Waals surface area contributed by atoms with Gasteiger partial charge in [0.2, 0.25) is 5.91 Å². The lowest BCUT2D eigenvalue weighted by Gasteiger charge is -2.34. The number of aromatic nitrogens is 2. The zero-order valence-electron chi connectivity index (χ0n) is 11.3. The predicted octanol–water partition coefficient (Wildman–Crippen LogP) is 1.92. The molecule has 3 heterocycles. The lowest BCUT2D eigenvalue weighted by molar-refractivity contribution is -0.139. The molecular weight excluding hydrogens is 274 g/mol. The third kappa shape index (κ3) is 2.76. The molecule has 5 nitrogen and oxygen atoms in total. The van der Waals surface area contributed by atoms with Gasteiger partial charge in [0.1, 0.15) is 11.9 Å². The summed E-state index contributed by atoms with van der Waals surface area (Å²) >= 11 is 1.61. The minimum Gasteiger partial charge on any atom is -0.377 e. The predicted molar refractivity (Wildman–Crippen MR) is 76.6 cm³/mol. The number of ether oxygens (including phenoxy) is 1. The highest BCUT2D eigenvalue weighted by Crippen LogP contribution is 2.23. The number of rotatable bonds is 3. The number of imidazole rings is 1. The van der Waals surface area contributed by atoms with Crippen LogP contribution in [0.1, 0.15) is 23.1 Å². The number of H-pyrrole nitrogens is 1. The van der Waals surface area contributed by atoms with Gasteiger partial charge in [-0.25, -0.2) is 4.98 Å². The van der Waals surface area contributed by atoms with Crippen molar-refractivity contribution in [3.05, 3.63) is 40.1 Å². The molecule has 0 unspecified atom stereocenters. The summed E-state index contributed by atoms with van der Waals surface area (Å²) in [5.74, 6) is 0.937. The molecule has 0 saturated carbocycles. The first kappa shape index (κ1) is 13.3. The van der Waals surface area contributed by atoms with Gasteiger partial charge in [-0.3, -0.25) is 4.79 Å². The van der Waals surface area contributed by atoms with Crippen LogP contribution in [0, 0.1) is 6.92 Å². The molecule has 0 aliphatic carbocycles. The number of amides is 1. The molecule has 1 amide bonds. The van der Waals surface area contributed by atoms with Gasteiger partial charge in [0, 0.05) is 18.4 Å². The Morgan fingerprint density at radius 2 is 2.55 bits per heavy atom. The molecule has 1 aliphatic heterocycles. The van der Waals surface area contributed by atoms with Gasteiger partial charge in [-0.1, -0.05) is 0 Å². The molecule has 0 aromatic carbocycles. The van der Waals surface area contributed by atoms with Gasteiger partial charge in [-0.15, -0.1) is 0 Å². The van der Waals surface area contributed by atoms with Crippen LogP contribution >= 0.6 is 11.3 Å². The first-order valence-corrected chi connectivity index (χ1v) is 7.58. The number of carbonyl (C=O) groups is 1. The average molecular weight is 291 g/mol. The topological polar surface area (TPSA) is 58.2 Å². The van der Waals surface area contributed by atoms with Gasteiger partial charge >= 0.3 is 0 Å². The van der Waals surface area contributed by atoms with Crippen molar-refractivity contribution in [2.24, 2.45) is 0 Å². The van der Waals surface area contributed by atoms with Crippen molar-refractivity contribution in [1.29, 1.82) is 0 Å². The number of carbonyl (C=O) groups excluding carboxylic acids is 1. The summed E-state index contributed by atoms with van der Waals surface area (Å²) in [6.07, 6.45) is 2.23. The third-order valence-corrected chi connectivity index (χ3v) is 4.15. The van der Waals surface area contributed by atoms with Crippen molar-refractivity contribution in [3.63, 3.8) is 0 Å². The fourth-order valence-corrected chi connectivity index (χ4v) is 3.07. The first-order chi connectivity index (χ1) is 9.74. The highest BCUT2D eigenvalue weighted by molar-refractivity contribution is 7.07. The van der Waals surface area contributed by atoms with Crippen molar-refractivity contribution < 1.29 is 9.53 Å². The third-order valence-electron chi connectivity index (χ3n) is 3.42. The Balaban J connectivity index is 1.76. The van der Waals surface area contributed by atoms with Gasteiger partial charge in [0.25, 0.3) is 0 Å². The van der Waals surface area contributed by atoms with E-state index in [-0.39, 0.29) is 11.9 Å². The van der Waals surface area contributed by atoms with E-state index in [2.05, 4.69) is 9.97 Å². The van der Waals surface area contributed by atoms with Crippen molar-refractivity contribution in [2.75, 3.05) is 19.8 Å². The second-order valence-electron chi connectivity index (χ2n) is 4.94. The summed E-state index contributed by atoms with van der Waals surface area (Å²) in [5.41, 5.74) is 2.07. The molecule has 2 aromatic heterocycles. The zero-order valence-corrected chi connectivity index (χ0v) is 12.2. The van der Waals surface area contributed by atoms with Crippen LogP contribution in [0.4, 0.5) is 0 Å². The zero-order chi connectivity index (χ0) is 13.9. The van der Waals surface area contributed by atoms with E-state index in [1.54, 1.807) is 17.5 Å². The summed E-state index contributed by atoms with van der Waals surface area (Å²) in [6.45, 7) is 3.67. The molecule has 1 aliphatic rings. The van der Waals surface area contributed by atoms with E-state index < -0.39 is 0 Å². The normalized spacial score (nSPS) is 19.2. The molecule has 20 heavy (non-hydrogen) atoms. The van der Waals surface area contributed by atoms with Crippen LogP contribution in [0.15, 0.2) is 23.0 Å². The highest BCUT2D eigenvalue weighted by Gasteiger charge is 2.30. The number of hydrogen-bond donors (Lipinski definition) is 1. The second kappa shape index (κ2) is 5.76. The maximum absolute atomic E-state index is 12.5. The van der Waals surface area contributed by atoms with Crippen LogP contribution in [-0.4, -0.2) is 40.5 Å². The van der Waals surface area contributed by atoms with Crippen LogP contribution < -0.4 is 0 Å². The fourth-order valence-electron chi connectivity index (χ4n) is 2.40. The number of hydrogen-bond acceptors (Lipinski definition) is 4. The molecule has 1 N–H and O–H groups in total. The van der Waals surface area contributed by atoms with E-state index in [0.29, 0.717) is 26.2 Å². The van der Waals surface area contributed by atoms with Gasteiger partial charge in [0.15, 0.2) is 0 Å². The molecule has 0 bridgehead atoms. The lowest BCUT2D eigenvalue weighted by Crippen LogP contribution is -2.44. The molecule has 106 valence electrons.